The van der Waals surface area contributed by atoms with Gasteiger partial charge in [0.15, 0.2) is 0 Å². The lowest BCUT2D eigenvalue weighted by Gasteiger charge is -2.31. The van der Waals surface area contributed by atoms with Crippen LogP contribution < -0.4 is 5.32 Å². The van der Waals surface area contributed by atoms with Gasteiger partial charge in [-0.2, -0.15) is 13.1 Å². The summed E-state index contributed by atoms with van der Waals surface area (Å²) in [5, 5.41) is 3.42. The van der Waals surface area contributed by atoms with Gasteiger partial charge < -0.3 is 5.32 Å². The van der Waals surface area contributed by atoms with Gasteiger partial charge in [0.25, 0.3) is 0 Å². The van der Waals surface area contributed by atoms with Crippen molar-refractivity contribution in [2.45, 2.75) is 17.7 Å². The normalized spacial score (nSPS) is 18.2. The highest BCUT2D eigenvalue weighted by Crippen LogP contribution is 2.28. The molecule has 1 aromatic heterocycles. The van der Waals surface area contributed by atoms with Gasteiger partial charge in [-0.3, -0.25) is 4.79 Å². The molecule has 1 amide bonds. The second-order valence-electron chi connectivity index (χ2n) is 6.59. The van der Waals surface area contributed by atoms with E-state index in [9.17, 15) is 13.2 Å². The van der Waals surface area contributed by atoms with Crippen LogP contribution in [0.15, 0.2) is 47.4 Å². The maximum absolute atomic E-state index is 13.2. The number of aromatic nitrogens is 2. The zero-order chi connectivity index (χ0) is 19.7. The number of amides is 1. The number of piperidine rings is 1. The molecule has 0 radical (unpaired) electrons. The molecule has 0 bridgehead atoms. The van der Waals surface area contributed by atoms with Gasteiger partial charge in [-0.05, 0) is 49.2 Å². The van der Waals surface area contributed by atoms with Gasteiger partial charge in [-0.15, -0.1) is 0 Å². The zero-order valence-corrected chi connectivity index (χ0v) is 17.1. The summed E-state index contributed by atoms with van der Waals surface area (Å²) in [6.07, 6.45) is 1.25. The second-order valence-corrected chi connectivity index (χ2v) is 9.46. The summed E-state index contributed by atoms with van der Waals surface area (Å²) < 4.78 is 36.0. The molecule has 1 N–H and O–H groups in total. The standard InChI is InChI=1S/C18H17ClN4O3S2/c19-13-6-8-14(9-7-13)20-18(24)12-3-2-10-23(11-12)28(25,26)16-5-1-4-15-17(16)22-27-21-15/h1,4-9,12H,2-3,10-11H2,(H,20,24)/t12-/m0/s1. The van der Waals surface area contributed by atoms with Gasteiger partial charge in [0, 0.05) is 23.8 Å². The summed E-state index contributed by atoms with van der Waals surface area (Å²) in [5.41, 5.74) is 1.56. The smallest absolute Gasteiger partial charge is 0.245 e. The van der Waals surface area contributed by atoms with Crippen molar-refractivity contribution in [3.05, 3.63) is 47.5 Å². The molecule has 1 aliphatic heterocycles. The van der Waals surface area contributed by atoms with E-state index in [2.05, 4.69) is 14.1 Å². The Morgan fingerprint density at radius 1 is 1.18 bits per heavy atom. The number of halogens is 1. The summed E-state index contributed by atoms with van der Waals surface area (Å²) in [4.78, 5) is 12.8. The van der Waals surface area contributed by atoms with E-state index >= 15 is 0 Å². The third-order valence-corrected chi connectivity index (χ3v) is 7.42. The minimum atomic E-state index is -3.76. The number of nitrogens with zero attached hydrogens (tertiary/aromatic N) is 3. The number of carbonyl (C=O) groups excluding carboxylic acids is 1. The number of benzene rings is 2. The number of hydrogen-bond acceptors (Lipinski definition) is 6. The molecule has 1 atom stereocenters. The van der Waals surface area contributed by atoms with Crippen molar-refractivity contribution in [3.8, 4) is 0 Å². The van der Waals surface area contributed by atoms with Crippen LogP contribution in [0.5, 0.6) is 0 Å². The Kier molecular flexibility index (Phi) is 5.33. The molecule has 1 aliphatic rings. The van der Waals surface area contributed by atoms with Crippen LogP contribution in [0.2, 0.25) is 5.02 Å². The first-order chi connectivity index (χ1) is 13.4. The van der Waals surface area contributed by atoms with Crippen LogP contribution in [0, 0.1) is 5.92 Å². The van der Waals surface area contributed by atoms with Crippen LogP contribution in [0.1, 0.15) is 12.8 Å². The minimum Gasteiger partial charge on any atom is -0.326 e. The Bertz CT molecular complexity index is 1120. The average Bonchev–Trinajstić information content (AvgIpc) is 3.18. The second kappa shape index (κ2) is 7.75. The first kappa shape index (κ1) is 19.3. The van der Waals surface area contributed by atoms with Gasteiger partial charge in [0.2, 0.25) is 15.9 Å². The lowest BCUT2D eigenvalue weighted by molar-refractivity contribution is -0.120. The van der Waals surface area contributed by atoms with Crippen LogP contribution in [0.25, 0.3) is 11.0 Å². The minimum absolute atomic E-state index is 0.135. The van der Waals surface area contributed by atoms with Gasteiger partial charge in [0.1, 0.15) is 15.9 Å². The molecule has 0 spiro atoms. The fourth-order valence-electron chi connectivity index (χ4n) is 3.28. The molecule has 0 unspecified atom stereocenters. The van der Waals surface area contributed by atoms with Crippen LogP contribution in [0.3, 0.4) is 0 Å². The van der Waals surface area contributed by atoms with Crippen molar-refractivity contribution in [2.24, 2.45) is 5.92 Å². The summed E-state index contributed by atoms with van der Waals surface area (Å²) in [6.45, 7) is 0.511. The molecule has 2 aromatic carbocycles. The van der Waals surface area contributed by atoms with Crippen LogP contribution in [-0.4, -0.2) is 40.5 Å². The SMILES string of the molecule is O=C(Nc1ccc(Cl)cc1)[C@H]1CCCN(S(=O)(=O)c2cccc3nsnc23)C1. The van der Waals surface area contributed by atoms with Gasteiger partial charge in [0.05, 0.1) is 17.6 Å². The fraction of sp³-hybridized carbons (Fsp3) is 0.278. The fourth-order valence-corrected chi connectivity index (χ4v) is 5.68. The van der Waals surface area contributed by atoms with E-state index in [0.717, 1.165) is 11.7 Å². The molecule has 7 nitrogen and oxygen atoms in total. The molecule has 3 aromatic rings. The maximum atomic E-state index is 13.2. The Labute approximate surface area is 171 Å². The van der Waals surface area contributed by atoms with Crippen molar-refractivity contribution in [1.82, 2.24) is 13.1 Å². The largest absolute Gasteiger partial charge is 0.326 e. The third kappa shape index (κ3) is 3.75. The number of sulfonamides is 1. The van der Waals surface area contributed by atoms with Crippen LogP contribution in [-0.2, 0) is 14.8 Å². The highest BCUT2D eigenvalue weighted by molar-refractivity contribution is 7.89. The van der Waals surface area contributed by atoms with Crippen molar-refractivity contribution < 1.29 is 13.2 Å². The van der Waals surface area contributed by atoms with E-state index in [4.69, 9.17) is 11.6 Å². The van der Waals surface area contributed by atoms with Gasteiger partial charge >= 0.3 is 0 Å². The summed E-state index contributed by atoms with van der Waals surface area (Å²) >= 11 is 6.84. The van der Waals surface area contributed by atoms with Crippen molar-refractivity contribution in [1.29, 1.82) is 0 Å². The van der Waals surface area contributed by atoms with E-state index in [-0.39, 0.29) is 17.3 Å². The Morgan fingerprint density at radius 2 is 1.96 bits per heavy atom. The lowest BCUT2D eigenvalue weighted by Crippen LogP contribution is -2.43. The molecular weight excluding hydrogens is 420 g/mol. The van der Waals surface area contributed by atoms with Crippen LogP contribution in [0.4, 0.5) is 5.69 Å². The molecule has 146 valence electrons. The highest BCUT2D eigenvalue weighted by atomic mass is 35.5. The van der Waals surface area contributed by atoms with Gasteiger partial charge in [-0.25, -0.2) is 8.42 Å². The molecule has 10 heteroatoms. The summed E-state index contributed by atoms with van der Waals surface area (Å²) in [6, 6.07) is 11.7. The lowest BCUT2D eigenvalue weighted by atomic mass is 9.99. The quantitative estimate of drug-likeness (QED) is 0.676. The van der Waals surface area contributed by atoms with Gasteiger partial charge in [-0.1, -0.05) is 17.7 Å². The first-order valence-electron chi connectivity index (χ1n) is 8.73. The number of nitrogens with one attached hydrogen (secondary N) is 1. The Hall–Kier alpha value is -2.07. The van der Waals surface area contributed by atoms with Crippen LogP contribution >= 0.6 is 23.3 Å². The maximum Gasteiger partial charge on any atom is 0.245 e. The third-order valence-electron chi connectivity index (χ3n) is 4.73. The predicted octanol–water partition coefficient (Wildman–Crippen LogP) is 3.38. The van der Waals surface area contributed by atoms with E-state index < -0.39 is 15.9 Å². The molecule has 1 saturated heterocycles. The van der Waals surface area contributed by atoms with E-state index in [1.54, 1.807) is 36.4 Å². The number of fused-ring (bicyclic) bond motifs is 1. The molecular formula is C18H17ClN4O3S2. The molecule has 2 heterocycles. The number of rotatable bonds is 4. The van der Waals surface area contributed by atoms with E-state index in [0.29, 0.717) is 41.1 Å². The van der Waals surface area contributed by atoms with Crippen molar-refractivity contribution >= 4 is 56.0 Å². The number of carbonyl (C=O) groups is 1. The van der Waals surface area contributed by atoms with E-state index in [1.807, 2.05) is 0 Å². The molecule has 28 heavy (non-hydrogen) atoms. The molecule has 0 saturated carbocycles. The zero-order valence-electron chi connectivity index (χ0n) is 14.7. The van der Waals surface area contributed by atoms with Crippen molar-refractivity contribution in [3.63, 3.8) is 0 Å². The number of anilines is 1. The molecule has 4 rings (SSSR count). The Balaban J connectivity index is 1.53. The molecule has 0 aliphatic carbocycles. The summed E-state index contributed by atoms with van der Waals surface area (Å²) in [7, 11) is -3.76. The summed E-state index contributed by atoms with van der Waals surface area (Å²) in [5.74, 6) is -0.622. The van der Waals surface area contributed by atoms with Crippen molar-refractivity contribution in [2.75, 3.05) is 18.4 Å². The Morgan fingerprint density at radius 3 is 2.75 bits per heavy atom. The first-order valence-corrected chi connectivity index (χ1v) is 11.3. The highest BCUT2D eigenvalue weighted by Gasteiger charge is 2.34. The molecule has 1 fully saturated rings. The topological polar surface area (TPSA) is 92.3 Å². The monoisotopic (exact) mass is 436 g/mol. The predicted molar refractivity (Wildman–Crippen MR) is 109 cm³/mol. The average molecular weight is 437 g/mol. The number of hydrogen-bond donors (Lipinski definition) is 1. The van der Waals surface area contributed by atoms with E-state index in [1.165, 1.54) is 10.4 Å².